The van der Waals surface area contributed by atoms with E-state index in [0.29, 0.717) is 17.7 Å². The lowest BCUT2D eigenvalue weighted by Gasteiger charge is -2.28. The minimum absolute atomic E-state index is 0.0589. The van der Waals surface area contributed by atoms with Crippen LogP contribution in [0.25, 0.3) is 0 Å². The Kier molecular flexibility index (Phi) is 7.55. The number of carboxylic acid groups (broad SMARTS) is 2. The van der Waals surface area contributed by atoms with Gasteiger partial charge in [-0.2, -0.15) is 0 Å². The molecule has 1 saturated heterocycles. The lowest BCUT2D eigenvalue weighted by atomic mass is 10.1. The van der Waals surface area contributed by atoms with Crippen molar-refractivity contribution in [3.63, 3.8) is 0 Å². The summed E-state index contributed by atoms with van der Waals surface area (Å²) in [5.74, 6) is -2.79. The average Bonchev–Trinajstić information content (AvgIpc) is 3.02. The van der Waals surface area contributed by atoms with Crippen LogP contribution in [0, 0.1) is 0 Å². The van der Waals surface area contributed by atoms with Crippen molar-refractivity contribution in [2.75, 3.05) is 20.1 Å². The first-order valence-electron chi connectivity index (χ1n) is 6.94. The molecule has 1 aromatic heterocycles. The summed E-state index contributed by atoms with van der Waals surface area (Å²) in [6.45, 7) is 1.98. The van der Waals surface area contributed by atoms with Crippen molar-refractivity contribution in [3.8, 4) is 0 Å². The Bertz CT molecular complexity index is 526. The second-order valence-corrected chi connectivity index (χ2v) is 4.93. The number of esters is 1. The van der Waals surface area contributed by atoms with Crippen LogP contribution in [0.4, 0.5) is 0 Å². The van der Waals surface area contributed by atoms with Gasteiger partial charge in [0.05, 0.1) is 11.8 Å². The highest BCUT2D eigenvalue weighted by molar-refractivity contribution is 5.89. The monoisotopic (exact) mass is 325 g/mol. The number of carbonyl (C=O) groups is 3. The second kappa shape index (κ2) is 9.42. The molecule has 0 radical (unpaired) electrons. The fraction of sp³-hybridized carbons (Fsp3) is 0.400. The second-order valence-electron chi connectivity index (χ2n) is 4.93. The van der Waals surface area contributed by atoms with E-state index in [1.807, 2.05) is 0 Å². The van der Waals surface area contributed by atoms with Gasteiger partial charge in [-0.3, -0.25) is 0 Å². The molecule has 8 heteroatoms. The third-order valence-electron chi connectivity index (χ3n) is 3.06. The van der Waals surface area contributed by atoms with Gasteiger partial charge >= 0.3 is 17.9 Å². The van der Waals surface area contributed by atoms with Crippen LogP contribution < -0.4 is 0 Å². The van der Waals surface area contributed by atoms with Gasteiger partial charge in [0.2, 0.25) is 0 Å². The van der Waals surface area contributed by atoms with Gasteiger partial charge in [-0.15, -0.1) is 0 Å². The fourth-order valence-corrected chi connectivity index (χ4v) is 1.85. The number of aliphatic carboxylic acids is 2. The van der Waals surface area contributed by atoms with Gasteiger partial charge in [0.15, 0.2) is 0 Å². The Morgan fingerprint density at radius 3 is 2.22 bits per heavy atom. The summed E-state index contributed by atoms with van der Waals surface area (Å²) in [7, 11) is 2.08. The summed E-state index contributed by atoms with van der Waals surface area (Å²) in [6.07, 6.45) is 5.90. The van der Waals surface area contributed by atoms with Crippen molar-refractivity contribution in [2.24, 2.45) is 0 Å². The van der Waals surface area contributed by atoms with Crippen molar-refractivity contribution in [1.29, 1.82) is 0 Å². The summed E-state index contributed by atoms with van der Waals surface area (Å²) in [5, 5.41) is 15.6. The standard InChI is InChI=1S/C11H15NO3.C4H4O4/c1-12-5-2-10(3-6-12)15-11(13)9-4-7-14-8-9;5-3(6)1-2-4(7)8/h4,7-8,10H,2-3,5-6H2,1H3;1-2H,(H,5,6)(H,7,8)/b;2-1-. The number of nitrogens with zero attached hydrogens (tertiary/aromatic N) is 1. The zero-order chi connectivity index (χ0) is 17.2. The molecule has 0 bridgehead atoms. The molecule has 0 aliphatic carbocycles. The molecular formula is C15H19NO7. The van der Waals surface area contributed by atoms with E-state index in [0.717, 1.165) is 25.9 Å². The van der Waals surface area contributed by atoms with E-state index in [4.69, 9.17) is 19.4 Å². The predicted octanol–water partition coefficient (Wildman–Crippen LogP) is 1.24. The van der Waals surface area contributed by atoms with Crippen LogP contribution in [-0.4, -0.2) is 59.3 Å². The number of hydrogen-bond acceptors (Lipinski definition) is 6. The molecule has 0 spiro atoms. The van der Waals surface area contributed by atoms with Crippen LogP contribution in [-0.2, 0) is 14.3 Å². The molecule has 1 aliphatic heterocycles. The van der Waals surface area contributed by atoms with E-state index in [1.54, 1.807) is 6.07 Å². The lowest BCUT2D eigenvalue weighted by Crippen LogP contribution is -2.35. The molecule has 0 saturated carbocycles. The molecule has 2 heterocycles. The molecule has 0 atom stereocenters. The first-order chi connectivity index (χ1) is 10.9. The molecule has 0 aromatic carbocycles. The van der Waals surface area contributed by atoms with Gasteiger partial charge in [0.1, 0.15) is 12.4 Å². The molecule has 23 heavy (non-hydrogen) atoms. The van der Waals surface area contributed by atoms with Gasteiger partial charge in [0.25, 0.3) is 0 Å². The van der Waals surface area contributed by atoms with Crippen LogP contribution in [0.5, 0.6) is 0 Å². The maximum absolute atomic E-state index is 11.6. The SMILES string of the molecule is CN1CCC(OC(=O)c2ccoc2)CC1.O=C(O)/C=C\C(=O)O. The first kappa shape index (κ1) is 18.4. The largest absolute Gasteiger partial charge is 0.478 e. The molecule has 2 N–H and O–H groups in total. The smallest absolute Gasteiger partial charge is 0.341 e. The summed E-state index contributed by atoms with van der Waals surface area (Å²) < 4.78 is 10.2. The number of hydrogen-bond donors (Lipinski definition) is 2. The number of likely N-dealkylation sites (tertiary alicyclic amines) is 1. The van der Waals surface area contributed by atoms with Crippen molar-refractivity contribution < 1.29 is 33.8 Å². The maximum Gasteiger partial charge on any atom is 0.341 e. The van der Waals surface area contributed by atoms with Gasteiger partial charge in [0, 0.05) is 25.2 Å². The first-order valence-corrected chi connectivity index (χ1v) is 6.94. The highest BCUT2D eigenvalue weighted by atomic mass is 16.5. The van der Waals surface area contributed by atoms with Gasteiger partial charge in [-0.1, -0.05) is 0 Å². The number of carboxylic acids is 2. The summed E-state index contributed by atoms with van der Waals surface area (Å²) in [6, 6.07) is 1.62. The minimum Gasteiger partial charge on any atom is -0.478 e. The predicted molar refractivity (Wildman–Crippen MR) is 79.1 cm³/mol. The van der Waals surface area contributed by atoms with Gasteiger partial charge in [-0.25, -0.2) is 14.4 Å². The molecule has 8 nitrogen and oxygen atoms in total. The molecule has 1 aliphatic rings. The third-order valence-corrected chi connectivity index (χ3v) is 3.06. The molecule has 126 valence electrons. The lowest BCUT2D eigenvalue weighted by molar-refractivity contribution is -0.134. The maximum atomic E-state index is 11.6. The zero-order valence-corrected chi connectivity index (χ0v) is 12.7. The Balaban J connectivity index is 0.000000284. The fourth-order valence-electron chi connectivity index (χ4n) is 1.85. The molecule has 1 aromatic rings. The van der Waals surface area contributed by atoms with Gasteiger partial charge < -0.3 is 24.3 Å². The minimum atomic E-state index is -1.26. The zero-order valence-electron chi connectivity index (χ0n) is 12.7. The van der Waals surface area contributed by atoms with Crippen molar-refractivity contribution in [1.82, 2.24) is 4.90 Å². The van der Waals surface area contributed by atoms with E-state index in [2.05, 4.69) is 11.9 Å². The van der Waals surface area contributed by atoms with Crippen LogP contribution in [0.15, 0.2) is 35.2 Å². The van der Waals surface area contributed by atoms with Crippen LogP contribution in [0.1, 0.15) is 23.2 Å². The third kappa shape index (κ3) is 7.82. The van der Waals surface area contributed by atoms with E-state index in [-0.39, 0.29) is 12.1 Å². The molecule has 0 unspecified atom stereocenters. The number of piperidine rings is 1. The molecule has 1 fully saturated rings. The van der Waals surface area contributed by atoms with E-state index in [1.165, 1.54) is 12.5 Å². The molecular weight excluding hydrogens is 306 g/mol. The molecule has 2 rings (SSSR count). The van der Waals surface area contributed by atoms with Crippen LogP contribution >= 0.6 is 0 Å². The Hall–Kier alpha value is -2.61. The van der Waals surface area contributed by atoms with Crippen molar-refractivity contribution in [2.45, 2.75) is 18.9 Å². The quantitative estimate of drug-likeness (QED) is 0.627. The average molecular weight is 325 g/mol. The van der Waals surface area contributed by atoms with E-state index < -0.39 is 11.9 Å². The Morgan fingerprint density at radius 2 is 1.78 bits per heavy atom. The number of ether oxygens (including phenoxy) is 1. The van der Waals surface area contributed by atoms with E-state index >= 15 is 0 Å². The number of carbonyl (C=O) groups excluding carboxylic acids is 1. The number of furan rings is 1. The Labute approximate surface area is 132 Å². The summed E-state index contributed by atoms with van der Waals surface area (Å²) in [4.78, 5) is 32.9. The summed E-state index contributed by atoms with van der Waals surface area (Å²) in [5.41, 5.74) is 0.494. The summed E-state index contributed by atoms with van der Waals surface area (Å²) >= 11 is 0. The highest BCUT2D eigenvalue weighted by Gasteiger charge is 2.21. The van der Waals surface area contributed by atoms with Crippen molar-refractivity contribution in [3.05, 3.63) is 36.3 Å². The highest BCUT2D eigenvalue weighted by Crippen LogP contribution is 2.14. The normalized spacial score (nSPS) is 15.7. The Morgan fingerprint density at radius 1 is 1.22 bits per heavy atom. The topological polar surface area (TPSA) is 117 Å². The number of rotatable bonds is 4. The van der Waals surface area contributed by atoms with E-state index in [9.17, 15) is 14.4 Å². The van der Waals surface area contributed by atoms with Gasteiger partial charge in [-0.05, 0) is 26.0 Å². The van der Waals surface area contributed by atoms with Crippen LogP contribution in [0.3, 0.4) is 0 Å². The molecule has 0 amide bonds. The van der Waals surface area contributed by atoms with Crippen LogP contribution in [0.2, 0.25) is 0 Å². The van der Waals surface area contributed by atoms with Crippen molar-refractivity contribution >= 4 is 17.9 Å².